The topological polar surface area (TPSA) is 72.5 Å². The first kappa shape index (κ1) is 21.7. The van der Waals surface area contributed by atoms with Crippen molar-refractivity contribution in [3.05, 3.63) is 62.8 Å². The Kier molecular flexibility index (Phi) is 7.57. The molecule has 3 aromatic rings. The van der Waals surface area contributed by atoms with Gasteiger partial charge in [-0.05, 0) is 36.2 Å². The standard InChI is InChI=1S/C20H20BrClN4O2S/c1-3-4-18-24-25-20(29-12-13-5-7-16(22)8-6-13)26(18)23-11-14-9-15(21)10-17(28-2)19(14)27/h5-11,27H,3-4,12H2,1-2H3/b23-11+. The lowest BCUT2D eigenvalue weighted by Crippen LogP contribution is -2.01. The van der Waals surface area contributed by atoms with Gasteiger partial charge >= 0.3 is 0 Å². The minimum absolute atomic E-state index is 0.0277. The van der Waals surface area contributed by atoms with Gasteiger partial charge < -0.3 is 9.84 Å². The van der Waals surface area contributed by atoms with E-state index in [0.29, 0.717) is 27.2 Å². The van der Waals surface area contributed by atoms with Crippen LogP contribution in [-0.2, 0) is 12.2 Å². The quantitative estimate of drug-likeness (QED) is 0.328. The number of aromatic hydroxyl groups is 1. The van der Waals surface area contributed by atoms with Crippen LogP contribution >= 0.6 is 39.3 Å². The number of hydrogen-bond acceptors (Lipinski definition) is 6. The van der Waals surface area contributed by atoms with E-state index in [1.165, 1.54) is 18.9 Å². The molecular weight excluding hydrogens is 476 g/mol. The van der Waals surface area contributed by atoms with Gasteiger partial charge in [0, 0.05) is 27.2 Å². The summed E-state index contributed by atoms with van der Waals surface area (Å²) >= 11 is 10.9. The highest BCUT2D eigenvalue weighted by Crippen LogP contribution is 2.32. The molecule has 0 aliphatic heterocycles. The molecule has 0 saturated heterocycles. The van der Waals surface area contributed by atoms with Gasteiger partial charge in [-0.25, -0.2) is 0 Å². The second-order valence-corrected chi connectivity index (χ2v) is 8.46. The fourth-order valence-corrected chi connectivity index (χ4v) is 4.02. The van der Waals surface area contributed by atoms with Crippen LogP contribution in [0.15, 0.2) is 51.1 Å². The maximum atomic E-state index is 10.4. The van der Waals surface area contributed by atoms with E-state index in [9.17, 15) is 5.11 Å². The Bertz CT molecular complexity index is 1010. The van der Waals surface area contributed by atoms with Crippen LogP contribution in [0.3, 0.4) is 0 Å². The van der Waals surface area contributed by atoms with Crippen LogP contribution in [-0.4, -0.2) is 33.3 Å². The number of phenolic OH excluding ortho intramolecular Hbond substituents is 1. The molecule has 0 atom stereocenters. The summed E-state index contributed by atoms with van der Waals surface area (Å²) in [5, 5.41) is 24.9. The third-order valence-electron chi connectivity index (χ3n) is 4.03. The zero-order chi connectivity index (χ0) is 20.8. The second-order valence-electron chi connectivity index (χ2n) is 6.17. The van der Waals surface area contributed by atoms with Crippen molar-refractivity contribution in [3.63, 3.8) is 0 Å². The van der Waals surface area contributed by atoms with E-state index in [1.54, 1.807) is 23.0 Å². The third-order valence-corrected chi connectivity index (χ3v) is 5.73. The molecule has 0 aliphatic rings. The lowest BCUT2D eigenvalue weighted by molar-refractivity contribution is 0.373. The van der Waals surface area contributed by atoms with Crippen molar-refractivity contribution in [1.29, 1.82) is 0 Å². The number of aromatic nitrogens is 3. The molecule has 6 nitrogen and oxygen atoms in total. The smallest absolute Gasteiger partial charge is 0.212 e. The number of rotatable bonds is 8. The van der Waals surface area contributed by atoms with Gasteiger partial charge in [-0.1, -0.05) is 58.3 Å². The fourth-order valence-electron chi connectivity index (χ4n) is 2.58. The molecule has 1 aromatic heterocycles. The minimum Gasteiger partial charge on any atom is -0.504 e. The Hall–Kier alpha value is -2.03. The van der Waals surface area contributed by atoms with E-state index in [2.05, 4.69) is 38.2 Å². The Morgan fingerprint density at radius 1 is 1.28 bits per heavy atom. The molecule has 0 spiro atoms. The van der Waals surface area contributed by atoms with Gasteiger partial charge in [0.1, 0.15) is 0 Å². The van der Waals surface area contributed by atoms with Gasteiger partial charge in [-0.3, -0.25) is 0 Å². The van der Waals surface area contributed by atoms with Gasteiger partial charge in [0.05, 0.1) is 13.3 Å². The number of phenols is 1. The average Bonchev–Trinajstić information content (AvgIpc) is 3.09. The Labute approximate surface area is 187 Å². The van der Waals surface area contributed by atoms with E-state index < -0.39 is 0 Å². The van der Waals surface area contributed by atoms with E-state index in [4.69, 9.17) is 16.3 Å². The first-order valence-corrected chi connectivity index (χ1v) is 11.1. The molecule has 0 radical (unpaired) electrons. The molecule has 29 heavy (non-hydrogen) atoms. The summed E-state index contributed by atoms with van der Waals surface area (Å²) in [5.41, 5.74) is 1.66. The summed E-state index contributed by atoms with van der Waals surface area (Å²) in [6.07, 6.45) is 3.25. The van der Waals surface area contributed by atoms with Gasteiger partial charge in [-0.2, -0.15) is 9.78 Å². The lowest BCUT2D eigenvalue weighted by Gasteiger charge is -2.08. The number of aryl methyl sites for hydroxylation is 1. The molecule has 0 amide bonds. The van der Waals surface area contributed by atoms with Crippen molar-refractivity contribution in [2.24, 2.45) is 5.10 Å². The molecule has 0 saturated carbocycles. The second kappa shape index (κ2) is 10.1. The normalized spacial score (nSPS) is 11.3. The highest BCUT2D eigenvalue weighted by molar-refractivity contribution is 9.10. The van der Waals surface area contributed by atoms with Crippen molar-refractivity contribution < 1.29 is 9.84 Å². The number of nitrogens with zero attached hydrogens (tertiary/aromatic N) is 4. The zero-order valence-electron chi connectivity index (χ0n) is 16.0. The molecule has 152 valence electrons. The zero-order valence-corrected chi connectivity index (χ0v) is 19.1. The first-order chi connectivity index (χ1) is 14.0. The van der Waals surface area contributed by atoms with Gasteiger partial charge in [0.15, 0.2) is 17.3 Å². The summed E-state index contributed by atoms with van der Waals surface area (Å²) in [6.45, 7) is 2.08. The molecule has 2 aromatic carbocycles. The number of halogens is 2. The summed E-state index contributed by atoms with van der Waals surface area (Å²) in [5.74, 6) is 1.88. The fraction of sp³-hybridized carbons (Fsp3) is 0.250. The third kappa shape index (κ3) is 5.52. The van der Waals surface area contributed by atoms with Crippen LogP contribution < -0.4 is 4.74 Å². The Morgan fingerprint density at radius 3 is 2.72 bits per heavy atom. The van der Waals surface area contributed by atoms with Gasteiger partial charge in [0.25, 0.3) is 0 Å². The molecule has 9 heteroatoms. The van der Waals surface area contributed by atoms with Gasteiger partial charge in [-0.15, -0.1) is 10.2 Å². The number of ether oxygens (including phenoxy) is 1. The van der Waals surface area contributed by atoms with Crippen LogP contribution in [0.2, 0.25) is 5.02 Å². The number of methoxy groups -OCH3 is 1. The van der Waals surface area contributed by atoms with Crippen molar-refractivity contribution in [2.45, 2.75) is 30.7 Å². The summed E-state index contributed by atoms with van der Waals surface area (Å²) < 4.78 is 7.70. The van der Waals surface area contributed by atoms with E-state index in [1.807, 2.05) is 24.3 Å². The number of thioether (sulfide) groups is 1. The first-order valence-electron chi connectivity index (χ1n) is 8.94. The number of benzene rings is 2. The number of hydrogen-bond donors (Lipinski definition) is 1. The van der Waals surface area contributed by atoms with Crippen LogP contribution in [0.5, 0.6) is 11.5 Å². The van der Waals surface area contributed by atoms with Crippen LogP contribution in [0.4, 0.5) is 0 Å². The highest BCUT2D eigenvalue weighted by Gasteiger charge is 2.13. The molecule has 1 heterocycles. The summed E-state index contributed by atoms with van der Waals surface area (Å²) in [6, 6.07) is 11.2. The predicted molar refractivity (Wildman–Crippen MR) is 120 cm³/mol. The average molecular weight is 496 g/mol. The van der Waals surface area contributed by atoms with Crippen molar-refractivity contribution in [2.75, 3.05) is 7.11 Å². The Balaban J connectivity index is 1.87. The summed E-state index contributed by atoms with van der Waals surface area (Å²) in [7, 11) is 1.51. The monoisotopic (exact) mass is 494 g/mol. The molecule has 3 rings (SSSR count). The maximum absolute atomic E-state index is 10.4. The van der Waals surface area contributed by atoms with E-state index >= 15 is 0 Å². The molecule has 0 fully saturated rings. The predicted octanol–water partition coefficient (Wildman–Crippen LogP) is 5.54. The summed E-state index contributed by atoms with van der Waals surface area (Å²) in [4.78, 5) is 0. The van der Waals surface area contributed by atoms with Crippen LogP contribution in [0, 0.1) is 0 Å². The van der Waals surface area contributed by atoms with Gasteiger partial charge in [0.2, 0.25) is 5.16 Å². The van der Waals surface area contributed by atoms with Crippen LogP contribution in [0.1, 0.15) is 30.3 Å². The largest absolute Gasteiger partial charge is 0.504 e. The van der Waals surface area contributed by atoms with E-state index in [-0.39, 0.29) is 5.75 Å². The maximum Gasteiger partial charge on any atom is 0.212 e. The molecule has 0 unspecified atom stereocenters. The van der Waals surface area contributed by atoms with Crippen molar-refractivity contribution in [3.8, 4) is 11.5 Å². The molecule has 0 bridgehead atoms. The minimum atomic E-state index is 0.0277. The molecule has 0 aliphatic carbocycles. The molecular formula is C20H20BrClN4O2S. The lowest BCUT2D eigenvalue weighted by atomic mass is 10.2. The molecule has 1 N–H and O–H groups in total. The van der Waals surface area contributed by atoms with E-state index in [0.717, 1.165) is 28.7 Å². The van der Waals surface area contributed by atoms with Crippen molar-refractivity contribution in [1.82, 2.24) is 14.9 Å². The van der Waals surface area contributed by atoms with Crippen molar-refractivity contribution >= 4 is 45.5 Å². The Morgan fingerprint density at radius 2 is 2.03 bits per heavy atom. The van der Waals surface area contributed by atoms with Crippen LogP contribution in [0.25, 0.3) is 0 Å². The SMILES string of the molecule is CCCc1nnc(SCc2ccc(Cl)cc2)n1/N=C/c1cc(Br)cc(OC)c1O. The highest BCUT2D eigenvalue weighted by atomic mass is 79.9.